The van der Waals surface area contributed by atoms with Gasteiger partial charge >= 0.3 is 59.1 Å². The van der Waals surface area contributed by atoms with Crippen LogP contribution in [0.4, 0.5) is 0 Å². The third kappa shape index (κ3) is 7.43. The van der Waals surface area contributed by atoms with Crippen molar-refractivity contribution in [2.24, 2.45) is 0 Å². The molecule has 0 radical (unpaired) electrons. The van der Waals surface area contributed by atoms with Crippen molar-refractivity contribution in [2.45, 2.75) is 6.04 Å². The number of nitro groups is 1. The summed E-state index contributed by atoms with van der Waals surface area (Å²) in [5.74, 6) is 0. The van der Waals surface area contributed by atoms with Crippen LogP contribution in [0.15, 0.2) is 0 Å². The van der Waals surface area contributed by atoms with E-state index in [-0.39, 0.29) is 59.1 Å². The van der Waals surface area contributed by atoms with Gasteiger partial charge in [-0.1, -0.05) is 13.2 Å². The number of hydrogen-bond acceptors (Lipinski definition) is 4. The van der Waals surface area contributed by atoms with Gasteiger partial charge in [-0.05, 0) is 0 Å². The van der Waals surface area contributed by atoms with Crippen molar-refractivity contribution in [3.05, 3.63) is 10.1 Å². The molecule has 0 saturated carbocycles. The van der Waals surface area contributed by atoms with E-state index in [9.17, 15) is 20.3 Å². The Labute approximate surface area is 103 Å². The largest absolute Gasteiger partial charge is 1.00 e. The van der Waals surface area contributed by atoms with E-state index in [0.29, 0.717) is 0 Å². The molecular formula is C3H5NNa2O4. The van der Waals surface area contributed by atoms with Crippen LogP contribution in [0.2, 0.25) is 0 Å². The van der Waals surface area contributed by atoms with Crippen LogP contribution < -0.4 is 69.3 Å². The Morgan fingerprint density at radius 1 is 1.20 bits per heavy atom. The summed E-state index contributed by atoms with van der Waals surface area (Å²) < 4.78 is 0. The van der Waals surface area contributed by atoms with Gasteiger partial charge in [-0.2, -0.15) is 0 Å². The molecule has 0 amide bonds. The van der Waals surface area contributed by atoms with Crippen molar-refractivity contribution >= 4 is 0 Å². The molecule has 0 saturated heterocycles. The van der Waals surface area contributed by atoms with Crippen LogP contribution in [-0.4, -0.2) is 24.2 Å². The fourth-order valence-corrected chi connectivity index (χ4v) is 0.170. The molecule has 0 aromatic carbocycles. The molecule has 0 N–H and O–H groups in total. The van der Waals surface area contributed by atoms with Crippen LogP contribution in [0.5, 0.6) is 0 Å². The second-order valence-electron chi connectivity index (χ2n) is 1.27. The minimum absolute atomic E-state index is 0. The third-order valence-electron chi connectivity index (χ3n) is 0.683. The molecule has 10 heavy (non-hydrogen) atoms. The molecule has 0 spiro atoms. The van der Waals surface area contributed by atoms with E-state index < -0.39 is 24.2 Å². The summed E-state index contributed by atoms with van der Waals surface area (Å²) in [5.41, 5.74) is 0. The van der Waals surface area contributed by atoms with Crippen molar-refractivity contribution < 1.29 is 74.3 Å². The molecule has 48 valence electrons. The average molecular weight is 165 g/mol. The quantitative estimate of drug-likeness (QED) is 0.236. The Bertz CT molecular complexity index is 86.6. The number of hydrogen-bond donors (Lipinski definition) is 0. The van der Waals surface area contributed by atoms with Gasteiger partial charge in [-0.25, -0.2) is 0 Å². The fourth-order valence-electron chi connectivity index (χ4n) is 0.170. The summed E-state index contributed by atoms with van der Waals surface area (Å²) >= 11 is 0. The Morgan fingerprint density at radius 2 is 1.50 bits per heavy atom. The minimum Gasteiger partial charge on any atom is -0.850 e. The first-order chi connectivity index (χ1) is 3.72. The van der Waals surface area contributed by atoms with Crippen molar-refractivity contribution in [1.29, 1.82) is 0 Å². The molecule has 0 aliphatic carbocycles. The van der Waals surface area contributed by atoms with Gasteiger partial charge < -0.3 is 10.2 Å². The average Bonchev–Trinajstić information content (AvgIpc) is 1.69. The molecular weight excluding hydrogens is 160 g/mol. The molecule has 0 rings (SSSR count). The topological polar surface area (TPSA) is 89.3 Å². The molecule has 0 unspecified atom stereocenters. The van der Waals surface area contributed by atoms with Crippen LogP contribution >= 0.6 is 0 Å². The van der Waals surface area contributed by atoms with Crippen LogP contribution in [-0.2, 0) is 0 Å². The Hall–Kier alpha value is 1.32. The zero-order valence-corrected chi connectivity index (χ0v) is 10.1. The van der Waals surface area contributed by atoms with E-state index in [1.807, 2.05) is 0 Å². The Kier molecular flexibility index (Phi) is 18.0. The molecule has 0 heterocycles. The molecule has 0 fully saturated rings. The first-order valence-electron chi connectivity index (χ1n) is 2.02. The summed E-state index contributed by atoms with van der Waals surface area (Å²) in [7, 11) is 0. The maximum Gasteiger partial charge on any atom is 1.00 e. The zero-order valence-electron chi connectivity index (χ0n) is 6.07. The smallest absolute Gasteiger partial charge is 0.850 e. The first kappa shape index (κ1) is 17.4. The van der Waals surface area contributed by atoms with E-state index in [2.05, 4.69) is 0 Å². The van der Waals surface area contributed by atoms with Crippen LogP contribution in [0, 0.1) is 10.1 Å². The predicted molar refractivity (Wildman–Crippen MR) is 20.5 cm³/mol. The number of rotatable bonds is 3. The normalized spacial score (nSPS) is 7.90. The van der Waals surface area contributed by atoms with Gasteiger partial charge in [0.2, 0.25) is 0 Å². The van der Waals surface area contributed by atoms with Gasteiger partial charge in [0.05, 0.1) is 0 Å². The first-order valence-corrected chi connectivity index (χ1v) is 2.02. The maximum atomic E-state index is 9.66. The second-order valence-corrected chi connectivity index (χ2v) is 1.27. The molecule has 0 aromatic heterocycles. The van der Waals surface area contributed by atoms with Gasteiger partial charge in [0, 0.05) is 4.92 Å². The molecule has 5 nitrogen and oxygen atoms in total. The van der Waals surface area contributed by atoms with Gasteiger partial charge in [0.25, 0.3) is 0 Å². The van der Waals surface area contributed by atoms with Crippen LogP contribution in [0.3, 0.4) is 0 Å². The second kappa shape index (κ2) is 10.3. The fraction of sp³-hybridized carbons (Fsp3) is 1.00. The minimum atomic E-state index is -1.44. The van der Waals surface area contributed by atoms with Crippen molar-refractivity contribution in [1.82, 2.24) is 0 Å². The third-order valence-corrected chi connectivity index (χ3v) is 0.683. The Morgan fingerprint density at radius 3 is 1.50 bits per heavy atom. The molecule has 0 aliphatic rings. The van der Waals surface area contributed by atoms with E-state index >= 15 is 0 Å². The van der Waals surface area contributed by atoms with Gasteiger partial charge in [-0.15, -0.1) is 0 Å². The van der Waals surface area contributed by atoms with Crippen molar-refractivity contribution in [2.75, 3.05) is 13.2 Å². The summed E-state index contributed by atoms with van der Waals surface area (Å²) in [4.78, 5) is 8.72. The predicted octanol–water partition coefficient (Wildman–Crippen LogP) is -8.64. The number of nitrogens with zero attached hydrogens (tertiary/aromatic N) is 1. The van der Waals surface area contributed by atoms with Gasteiger partial charge in [0.1, 0.15) is 0 Å². The van der Waals surface area contributed by atoms with E-state index in [4.69, 9.17) is 0 Å². The summed E-state index contributed by atoms with van der Waals surface area (Å²) in [6.45, 7) is -1.84. The summed E-state index contributed by atoms with van der Waals surface area (Å²) in [5, 5.41) is 28.9. The molecule has 0 aromatic rings. The van der Waals surface area contributed by atoms with Crippen molar-refractivity contribution in [3.63, 3.8) is 0 Å². The maximum absolute atomic E-state index is 9.66. The Balaban J connectivity index is -0.000000245. The monoisotopic (exact) mass is 165 g/mol. The van der Waals surface area contributed by atoms with E-state index in [0.717, 1.165) is 0 Å². The van der Waals surface area contributed by atoms with E-state index in [1.165, 1.54) is 0 Å². The van der Waals surface area contributed by atoms with Crippen LogP contribution in [0.1, 0.15) is 0 Å². The van der Waals surface area contributed by atoms with Gasteiger partial charge in [-0.3, -0.25) is 10.1 Å². The standard InChI is InChI=1S/C3H5NO4.2Na/c5-1-3(2-6)4(7)8;;/h3H,1-2H2;;/q-2;2*+1. The van der Waals surface area contributed by atoms with Crippen molar-refractivity contribution in [3.8, 4) is 0 Å². The summed E-state index contributed by atoms with van der Waals surface area (Å²) in [6.07, 6.45) is 0. The molecule has 7 heteroatoms. The molecule has 0 aliphatic heterocycles. The van der Waals surface area contributed by atoms with E-state index in [1.54, 1.807) is 0 Å². The van der Waals surface area contributed by atoms with Crippen LogP contribution in [0.25, 0.3) is 0 Å². The SMILES string of the molecule is O=[N+]([O-])C(C[O-])C[O-].[Na+].[Na+]. The zero-order chi connectivity index (χ0) is 6.57. The molecule has 0 bridgehead atoms. The summed E-state index contributed by atoms with van der Waals surface area (Å²) in [6, 6.07) is -1.44. The molecule has 0 atom stereocenters. The van der Waals surface area contributed by atoms with Gasteiger partial charge in [0.15, 0.2) is 6.04 Å².